The molecular weight excluding hydrogens is 343 g/mol. The molecule has 2 aromatic carbocycles. The first kappa shape index (κ1) is 17.0. The van der Waals surface area contributed by atoms with Crippen LogP contribution in [0.15, 0.2) is 60.9 Å². The Bertz CT molecular complexity index is 1110. The number of hydrogen-bond donors (Lipinski definition) is 2. The third kappa shape index (κ3) is 3.33. The second-order valence-corrected chi connectivity index (χ2v) is 6.63. The Kier molecular flexibility index (Phi) is 4.24. The molecule has 0 aliphatic heterocycles. The number of aryl methyl sites for hydroxylation is 2. The average Bonchev–Trinajstić information content (AvgIpc) is 3.26. The summed E-state index contributed by atoms with van der Waals surface area (Å²) < 4.78 is 15.2. The molecule has 5 nitrogen and oxygen atoms in total. The van der Waals surface area contributed by atoms with Gasteiger partial charge in [-0.15, -0.1) is 0 Å². The van der Waals surface area contributed by atoms with Crippen LogP contribution in [0.4, 0.5) is 4.39 Å². The minimum absolute atomic E-state index is 0.249. The van der Waals surface area contributed by atoms with Crippen LogP contribution in [0.1, 0.15) is 33.5 Å². The van der Waals surface area contributed by atoms with E-state index in [1.54, 1.807) is 18.3 Å². The van der Waals surface area contributed by atoms with E-state index in [4.69, 9.17) is 0 Å². The summed E-state index contributed by atoms with van der Waals surface area (Å²) in [6.45, 7) is 2.01. The third-order valence-corrected chi connectivity index (χ3v) is 4.62. The van der Waals surface area contributed by atoms with E-state index in [-0.39, 0.29) is 11.7 Å². The van der Waals surface area contributed by atoms with Gasteiger partial charge in [-0.05, 0) is 42.3 Å². The van der Waals surface area contributed by atoms with Crippen molar-refractivity contribution in [2.24, 2.45) is 7.05 Å². The van der Waals surface area contributed by atoms with Crippen molar-refractivity contribution in [3.63, 3.8) is 0 Å². The van der Waals surface area contributed by atoms with Crippen molar-refractivity contribution in [3.8, 4) is 0 Å². The summed E-state index contributed by atoms with van der Waals surface area (Å²) >= 11 is 0. The number of benzene rings is 2. The van der Waals surface area contributed by atoms with Crippen molar-refractivity contribution in [2.45, 2.75) is 13.0 Å². The molecular formula is C21H19FN4O. The number of rotatable bonds is 4. The van der Waals surface area contributed by atoms with Gasteiger partial charge in [0.15, 0.2) is 0 Å². The van der Waals surface area contributed by atoms with E-state index in [0.717, 1.165) is 22.0 Å². The molecule has 4 rings (SSSR count). The zero-order chi connectivity index (χ0) is 19.0. The molecule has 136 valence electrons. The van der Waals surface area contributed by atoms with Crippen molar-refractivity contribution >= 4 is 16.8 Å². The topological polar surface area (TPSA) is 62.7 Å². The summed E-state index contributed by atoms with van der Waals surface area (Å²) in [4.78, 5) is 20.4. The van der Waals surface area contributed by atoms with E-state index in [1.165, 1.54) is 12.1 Å². The Morgan fingerprint density at radius 1 is 1.19 bits per heavy atom. The SMILES string of the molecule is Cc1ccc2cc(C(=O)NC(c3ccc(F)cc3)c3nccn3C)[nH]c2c1. The number of amides is 1. The number of aromatic amines is 1. The molecule has 6 heteroatoms. The number of imidazole rings is 1. The molecule has 1 atom stereocenters. The monoisotopic (exact) mass is 362 g/mol. The summed E-state index contributed by atoms with van der Waals surface area (Å²) in [5.74, 6) is 0.0951. The number of H-pyrrole nitrogens is 1. The summed E-state index contributed by atoms with van der Waals surface area (Å²) in [5.41, 5.74) is 3.26. The first-order valence-corrected chi connectivity index (χ1v) is 8.64. The van der Waals surface area contributed by atoms with Crippen molar-refractivity contribution in [1.29, 1.82) is 0 Å². The van der Waals surface area contributed by atoms with Crippen molar-refractivity contribution in [1.82, 2.24) is 19.9 Å². The molecule has 27 heavy (non-hydrogen) atoms. The lowest BCUT2D eigenvalue weighted by Gasteiger charge is -2.19. The predicted octanol–water partition coefficient (Wildman–Crippen LogP) is 3.87. The van der Waals surface area contributed by atoms with Crippen LogP contribution in [-0.2, 0) is 7.05 Å². The number of carbonyl (C=O) groups excluding carboxylic acids is 1. The van der Waals surface area contributed by atoms with E-state index in [0.29, 0.717) is 11.5 Å². The van der Waals surface area contributed by atoms with Crippen LogP contribution < -0.4 is 5.32 Å². The molecule has 1 unspecified atom stereocenters. The van der Waals surface area contributed by atoms with Crippen LogP contribution in [0.5, 0.6) is 0 Å². The van der Waals surface area contributed by atoms with Crippen LogP contribution in [0, 0.1) is 12.7 Å². The van der Waals surface area contributed by atoms with Crippen LogP contribution in [0.3, 0.4) is 0 Å². The molecule has 4 aromatic rings. The number of nitrogens with zero attached hydrogens (tertiary/aromatic N) is 2. The molecule has 0 aliphatic carbocycles. The van der Waals surface area contributed by atoms with Gasteiger partial charge >= 0.3 is 0 Å². The molecule has 0 spiro atoms. The Labute approximate surface area is 155 Å². The number of aromatic nitrogens is 3. The maximum atomic E-state index is 13.3. The van der Waals surface area contributed by atoms with Crippen LogP contribution in [0.2, 0.25) is 0 Å². The number of nitrogens with one attached hydrogen (secondary N) is 2. The lowest BCUT2D eigenvalue weighted by molar-refractivity contribution is 0.0937. The smallest absolute Gasteiger partial charge is 0.268 e. The lowest BCUT2D eigenvalue weighted by atomic mass is 10.1. The summed E-state index contributed by atoms with van der Waals surface area (Å²) in [5, 5.41) is 3.99. The van der Waals surface area contributed by atoms with Crippen LogP contribution in [-0.4, -0.2) is 20.4 Å². The molecule has 0 saturated heterocycles. The zero-order valence-electron chi connectivity index (χ0n) is 15.0. The van der Waals surface area contributed by atoms with Gasteiger partial charge in [0.05, 0.1) is 0 Å². The highest BCUT2D eigenvalue weighted by Crippen LogP contribution is 2.22. The highest BCUT2D eigenvalue weighted by Gasteiger charge is 2.22. The first-order valence-electron chi connectivity index (χ1n) is 8.64. The zero-order valence-corrected chi connectivity index (χ0v) is 15.0. The van der Waals surface area contributed by atoms with Gasteiger partial charge in [-0.1, -0.05) is 24.3 Å². The minimum Gasteiger partial charge on any atom is -0.351 e. The summed E-state index contributed by atoms with van der Waals surface area (Å²) in [7, 11) is 1.86. The Hall–Kier alpha value is -3.41. The fourth-order valence-electron chi connectivity index (χ4n) is 3.18. The molecule has 1 amide bonds. The highest BCUT2D eigenvalue weighted by molar-refractivity contribution is 5.98. The van der Waals surface area contributed by atoms with Gasteiger partial charge in [-0.25, -0.2) is 9.37 Å². The predicted molar refractivity (Wildman–Crippen MR) is 102 cm³/mol. The van der Waals surface area contributed by atoms with Gasteiger partial charge in [-0.3, -0.25) is 4.79 Å². The van der Waals surface area contributed by atoms with Gasteiger partial charge < -0.3 is 14.9 Å². The molecule has 0 radical (unpaired) electrons. The van der Waals surface area contributed by atoms with E-state index < -0.39 is 6.04 Å². The Morgan fingerprint density at radius 3 is 2.67 bits per heavy atom. The van der Waals surface area contributed by atoms with Gasteiger partial charge in [0.2, 0.25) is 0 Å². The fraction of sp³-hybridized carbons (Fsp3) is 0.143. The Morgan fingerprint density at radius 2 is 1.96 bits per heavy atom. The van der Waals surface area contributed by atoms with Gasteiger partial charge in [0, 0.05) is 30.3 Å². The second kappa shape index (κ2) is 6.72. The molecule has 2 heterocycles. The average molecular weight is 362 g/mol. The van der Waals surface area contributed by atoms with Crippen molar-refractivity contribution < 1.29 is 9.18 Å². The highest BCUT2D eigenvalue weighted by atomic mass is 19.1. The van der Waals surface area contributed by atoms with E-state index in [1.807, 2.05) is 49.0 Å². The standard InChI is InChI=1S/C21H19FN4O/c1-13-3-4-15-12-18(24-17(15)11-13)21(27)25-19(20-23-9-10-26(20)2)14-5-7-16(22)8-6-14/h3-12,19,24H,1-2H3,(H,25,27). The number of carbonyl (C=O) groups is 1. The van der Waals surface area contributed by atoms with E-state index in [2.05, 4.69) is 15.3 Å². The molecule has 2 aromatic heterocycles. The number of halogens is 1. The normalized spacial score (nSPS) is 12.3. The minimum atomic E-state index is -0.494. The van der Waals surface area contributed by atoms with Crippen LogP contribution >= 0.6 is 0 Å². The van der Waals surface area contributed by atoms with E-state index >= 15 is 0 Å². The van der Waals surface area contributed by atoms with Crippen molar-refractivity contribution in [3.05, 3.63) is 89.4 Å². The largest absolute Gasteiger partial charge is 0.351 e. The Balaban J connectivity index is 1.68. The van der Waals surface area contributed by atoms with Gasteiger partial charge in [-0.2, -0.15) is 0 Å². The molecule has 2 N–H and O–H groups in total. The summed E-state index contributed by atoms with van der Waals surface area (Å²) in [6.07, 6.45) is 3.48. The molecule has 0 fully saturated rings. The van der Waals surface area contributed by atoms with Gasteiger partial charge in [0.1, 0.15) is 23.4 Å². The first-order chi connectivity index (χ1) is 13.0. The van der Waals surface area contributed by atoms with Crippen LogP contribution in [0.25, 0.3) is 10.9 Å². The van der Waals surface area contributed by atoms with Crippen molar-refractivity contribution in [2.75, 3.05) is 0 Å². The maximum absolute atomic E-state index is 13.3. The molecule has 0 aliphatic rings. The molecule has 0 saturated carbocycles. The number of fused-ring (bicyclic) bond motifs is 1. The van der Waals surface area contributed by atoms with E-state index in [9.17, 15) is 9.18 Å². The maximum Gasteiger partial charge on any atom is 0.268 e. The quantitative estimate of drug-likeness (QED) is 0.579. The summed E-state index contributed by atoms with van der Waals surface area (Å²) in [6, 6.07) is 13.4. The van der Waals surface area contributed by atoms with Gasteiger partial charge in [0.25, 0.3) is 5.91 Å². The lowest BCUT2D eigenvalue weighted by Crippen LogP contribution is -2.31. The third-order valence-electron chi connectivity index (χ3n) is 4.62. The number of hydrogen-bond acceptors (Lipinski definition) is 2. The second-order valence-electron chi connectivity index (χ2n) is 6.63. The fourth-order valence-corrected chi connectivity index (χ4v) is 3.18. The molecule has 0 bridgehead atoms.